The van der Waals surface area contributed by atoms with Crippen molar-refractivity contribution in [2.75, 3.05) is 26.2 Å². The number of aromatic nitrogens is 1. The highest BCUT2D eigenvalue weighted by Gasteiger charge is 2.32. The number of nitrogens with zero attached hydrogens (tertiary/aromatic N) is 4. The van der Waals surface area contributed by atoms with Gasteiger partial charge in [-0.1, -0.05) is 18.7 Å². The second-order valence-electron chi connectivity index (χ2n) is 10.2. The molecule has 0 N–H and O–H groups in total. The molecule has 0 radical (unpaired) electrons. The van der Waals surface area contributed by atoms with Crippen molar-refractivity contribution in [1.29, 1.82) is 0 Å². The molecule has 2 aliphatic heterocycles. The molecule has 5 nitrogen and oxygen atoms in total. The molecular weight excluding hydrogens is 494 g/mol. The van der Waals surface area contributed by atoms with Crippen molar-refractivity contribution in [1.82, 2.24) is 9.80 Å². The van der Waals surface area contributed by atoms with Crippen molar-refractivity contribution in [3.63, 3.8) is 0 Å². The zero-order chi connectivity index (χ0) is 26.9. The number of para-hydroxylation sites is 1. The van der Waals surface area contributed by atoms with E-state index in [2.05, 4.69) is 28.5 Å². The molecule has 4 aromatic rings. The molecule has 0 spiro atoms. The predicted octanol–water partition coefficient (Wildman–Crippen LogP) is 6.03. The highest BCUT2D eigenvalue weighted by Crippen LogP contribution is 2.33. The van der Waals surface area contributed by atoms with Crippen LogP contribution in [-0.4, -0.2) is 41.8 Å². The van der Waals surface area contributed by atoms with E-state index in [9.17, 15) is 8.78 Å². The van der Waals surface area contributed by atoms with Crippen LogP contribution in [0.15, 0.2) is 101 Å². The number of piperidine rings is 1. The fourth-order valence-corrected chi connectivity index (χ4v) is 5.69. The van der Waals surface area contributed by atoms with Crippen LogP contribution in [0.3, 0.4) is 0 Å². The predicted molar refractivity (Wildman–Crippen MR) is 149 cm³/mol. The van der Waals surface area contributed by atoms with Crippen LogP contribution < -0.4 is 4.74 Å². The average Bonchev–Trinajstić information content (AvgIpc) is 3.30. The van der Waals surface area contributed by atoms with Crippen molar-refractivity contribution in [2.45, 2.75) is 18.8 Å². The highest BCUT2D eigenvalue weighted by molar-refractivity contribution is 6.03. The number of likely N-dealkylation sites (tertiary alicyclic amines) is 1. The Morgan fingerprint density at radius 2 is 1.59 bits per heavy atom. The maximum atomic E-state index is 13.7. The SMILES string of the molecule is C=C(CN1CC=C(c2ccc(F)cc2)N=C1c1ccc(F)cc1)N1CCC(c2c3ccccc3o[n+]2C)CC1. The number of aliphatic imine (C=N–C) groups is 1. The van der Waals surface area contributed by atoms with Crippen LogP contribution in [0.1, 0.15) is 35.6 Å². The Bertz CT molecular complexity index is 1560. The third-order valence-electron chi connectivity index (χ3n) is 7.71. The van der Waals surface area contributed by atoms with E-state index >= 15 is 0 Å². The topological polar surface area (TPSA) is 35.9 Å². The normalized spacial score (nSPS) is 16.4. The molecule has 3 heterocycles. The fourth-order valence-electron chi connectivity index (χ4n) is 5.69. The molecule has 0 unspecified atom stereocenters. The van der Waals surface area contributed by atoms with Gasteiger partial charge < -0.3 is 9.80 Å². The molecule has 0 saturated carbocycles. The number of hydrogen-bond acceptors (Lipinski definition) is 4. The Morgan fingerprint density at radius 3 is 2.28 bits per heavy atom. The summed E-state index contributed by atoms with van der Waals surface area (Å²) in [6.45, 7) is 7.49. The minimum absolute atomic E-state index is 0.283. The largest absolute Gasteiger partial charge is 0.374 e. The van der Waals surface area contributed by atoms with E-state index in [1.54, 1.807) is 24.3 Å². The number of halogens is 2. The lowest BCUT2D eigenvalue weighted by Gasteiger charge is -2.37. The minimum Gasteiger partial charge on any atom is -0.374 e. The van der Waals surface area contributed by atoms with Gasteiger partial charge in [0.1, 0.15) is 17.5 Å². The van der Waals surface area contributed by atoms with E-state index in [0.717, 1.165) is 59.9 Å². The first-order valence-electron chi connectivity index (χ1n) is 13.3. The van der Waals surface area contributed by atoms with E-state index < -0.39 is 0 Å². The van der Waals surface area contributed by atoms with Crippen LogP contribution in [0.5, 0.6) is 0 Å². The van der Waals surface area contributed by atoms with Crippen LogP contribution >= 0.6 is 0 Å². The molecule has 0 aliphatic carbocycles. The lowest BCUT2D eigenvalue weighted by atomic mass is 9.91. The summed E-state index contributed by atoms with van der Waals surface area (Å²) < 4.78 is 35.1. The monoisotopic (exact) mass is 525 g/mol. The van der Waals surface area contributed by atoms with Crippen LogP contribution in [-0.2, 0) is 7.05 Å². The second kappa shape index (κ2) is 10.5. The third-order valence-corrected chi connectivity index (χ3v) is 7.71. The molecule has 6 rings (SSSR count). The van der Waals surface area contributed by atoms with Crippen LogP contribution in [0, 0.1) is 11.6 Å². The van der Waals surface area contributed by atoms with Gasteiger partial charge in [0.25, 0.3) is 0 Å². The van der Waals surface area contributed by atoms with Crippen molar-refractivity contribution in [2.24, 2.45) is 12.0 Å². The van der Waals surface area contributed by atoms with E-state index in [4.69, 9.17) is 9.52 Å². The number of amidine groups is 1. The van der Waals surface area contributed by atoms with Crippen LogP contribution in [0.4, 0.5) is 8.78 Å². The molecule has 198 valence electrons. The number of fused-ring (bicyclic) bond motifs is 1. The summed E-state index contributed by atoms with van der Waals surface area (Å²) in [4.78, 5) is 9.46. The summed E-state index contributed by atoms with van der Waals surface area (Å²) in [5.74, 6) is 0.608. The first-order chi connectivity index (χ1) is 19.0. The molecule has 1 saturated heterocycles. The standard InChI is InChI=1S/C32H31F2N4O/c1-22(37-18-15-24(16-19-37)31-28-5-3-4-6-30(28)39-36(31)2)21-38-20-17-29(23-7-11-26(33)12-8-23)35-32(38)25-9-13-27(34)14-10-25/h3-14,17,24H,1,15-16,18-21H2,2H3/q+1. The highest BCUT2D eigenvalue weighted by atomic mass is 19.1. The van der Waals surface area contributed by atoms with Gasteiger partial charge in [-0.25, -0.2) is 18.3 Å². The van der Waals surface area contributed by atoms with Crippen molar-refractivity contribution in [3.8, 4) is 0 Å². The Balaban J connectivity index is 1.17. The maximum Gasteiger partial charge on any atom is 0.242 e. The summed E-state index contributed by atoms with van der Waals surface area (Å²) in [5, 5.41) is 1.19. The van der Waals surface area contributed by atoms with Crippen molar-refractivity contribution >= 4 is 22.5 Å². The molecule has 2 aliphatic rings. The Hall–Kier alpha value is -4.26. The quantitative estimate of drug-likeness (QED) is 0.288. The van der Waals surface area contributed by atoms with Gasteiger partial charge in [0.05, 0.1) is 23.5 Å². The van der Waals surface area contributed by atoms with Gasteiger partial charge in [0, 0.05) is 36.5 Å². The Labute approximate surface area is 227 Å². The molecule has 7 heteroatoms. The Kier molecular flexibility index (Phi) is 6.73. The molecular formula is C32H31F2N4O+. The van der Waals surface area contributed by atoms with Crippen molar-refractivity contribution in [3.05, 3.63) is 120 Å². The van der Waals surface area contributed by atoms with Gasteiger partial charge in [-0.05, 0) is 84.3 Å². The zero-order valence-corrected chi connectivity index (χ0v) is 22.0. The Morgan fingerprint density at radius 1 is 0.949 bits per heavy atom. The average molecular weight is 526 g/mol. The van der Waals surface area contributed by atoms with Gasteiger partial charge >= 0.3 is 0 Å². The fraction of sp³-hybridized carbons (Fsp3) is 0.250. The second-order valence-corrected chi connectivity index (χ2v) is 10.2. The van der Waals surface area contributed by atoms with Gasteiger partial charge in [-0.15, -0.1) is 0 Å². The third kappa shape index (κ3) is 5.09. The summed E-state index contributed by atoms with van der Waals surface area (Å²) in [7, 11) is 1.99. The maximum absolute atomic E-state index is 13.7. The molecule has 0 amide bonds. The molecule has 1 fully saturated rings. The molecule has 39 heavy (non-hydrogen) atoms. The van der Waals surface area contributed by atoms with Gasteiger partial charge in [-0.3, -0.25) is 0 Å². The number of aryl methyl sites for hydroxylation is 1. The first-order valence-corrected chi connectivity index (χ1v) is 13.3. The van der Waals surface area contributed by atoms with E-state index in [-0.39, 0.29) is 11.6 Å². The smallest absolute Gasteiger partial charge is 0.242 e. The van der Waals surface area contributed by atoms with E-state index in [0.29, 0.717) is 19.0 Å². The van der Waals surface area contributed by atoms with Gasteiger partial charge in [-0.2, -0.15) is 0 Å². The summed E-state index contributed by atoms with van der Waals surface area (Å²) in [5.41, 5.74) is 5.66. The molecule has 0 bridgehead atoms. The van der Waals surface area contributed by atoms with E-state index in [1.807, 2.05) is 30.0 Å². The van der Waals surface area contributed by atoms with Crippen LogP contribution in [0.2, 0.25) is 0 Å². The zero-order valence-electron chi connectivity index (χ0n) is 22.0. The first kappa shape index (κ1) is 25.0. The number of benzene rings is 3. The number of rotatable bonds is 6. The van der Waals surface area contributed by atoms with Crippen LogP contribution in [0.25, 0.3) is 16.7 Å². The molecule has 1 aromatic heterocycles. The van der Waals surface area contributed by atoms with Crippen molar-refractivity contribution < 1.29 is 18.0 Å². The summed E-state index contributed by atoms with van der Waals surface area (Å²) in [6.07, 6.45) is 4.08. The van der Waals surface area contributed by atoms with Gasteiger partial charge in [0.15, 0.2) is 7.05 Å². The molecule has 0 atom stereocenters. The summed E-state index contributed by atoms with van der Waals surface area (Å²) >= 11 is 0. The number of hydrogen-bond donors (Lipinski definition) is 0. The van der Waals surface area contributed by atoms with E-state index in [1.165, 1.54) is 35.3 Å². The van der Waals surface area contributed by atoms with Gasteiger partial charge in [0.2, 0.25) is 11.3 Å². The molecule has 3 aromatic carbocycles. The summed E-state index contributed by atoms with van der Waals surface area (Å²) in [6, 6.07) is 21.0. The lowest BCUT2D eigenvalue weighted by molar-refractivity contribution is -0.847. The lowest BCUT2D eigenvalue weighted by Crippen LogP contribution is -2.42. The minimum atomic E-state index is -0.290.